The van der Waals surface area contributed by atoms with Crippen molar-refractivity contribution in [3.63, 3.8) is 0 Å². The number of anilines is 1. The van der Waals surface area contributed by atoms with E-state index in [1.807, 2.05) is 32.0 Å². The molecule has 1 aliphatic rings. The van der Waals surface area contributed by atoms with Crippen molar-refractivity contribution in [3.8, 4) is 5.75 Å². The van der Waals surface area contributed by atoms with Crippen LogP contribution in [0.2, 0.25) is 0 Å². The van der Waals surface area contributed by atoms with Gasteiger partial charge in [0.1, 0.15) is 5.75 Å². The van der Waals surface area contributed by atoms with E-state index >= 15 is 0 Å². The van der Waals surface area contributed by atoms with Gasteiger partial charge in [0.05, 0.1) is 23.9 Å². The fourth-order valence-electron chi connectivity index (χ4n) is 3.95. The van der Waals surface area contributed by atoms with Gasteiger partial charge in [0.15, 0.2) is 12.1 Å². The number of aryl methyl sites for hydroxylation is 1. The Kier molecular flexibility index (Phi) is 5.75. The van der Waals surface area contributed by atoms with E-state index in [-0.39, 0.29) is 11.9 Å². The molecule has 2 aromatic carbocycles. The number of rotatable bonds is 5. The summed E-state index contributed by atoms with van der Waals surface area (Å²) in [6.45, 7) is 5.84. The molecule has 3 aromatic rings. The molecule has 0 radical (unpaired) electrons. The van der Waals surface area contributed by atoms with E-state index in [0.29, 0.717) is 23.7 Å². The number of nitrogens with one attached hydrogen (secondary N) is 1. The third kappa shape index (κ3) is 4.44. The van der Waals surface area contributed by atoms with E-state index in [0.717, 1.165) is 35.4 Å². The van der Waals surface area contributed by atoms with Crippen molar-refractivity contribution in [2.24, 2.45) is 0 Å². The van der Waals surface area contributed by atoms with Crippen LogP contribution in [0.1, 0.15) is 48.2 Å². The molecule has 0 bridgehead atoms. The second-order valence-electron chi connectivity index (χ2n) is 7.79. The summed E-state index contributed by atoms with van der Waals surface area (Å²) in [5.74, 6) is 1.14. The highest BCUT2D eigenvalue weighted by Gasteiger charge is 2.33. The van der Waals surface area contributed by atoms with Crippen molar-refractivity contribution in [2.45, 2.75) is 52.1 Å². The largest absolute Gasteiger partial charge is 0.465 e. The summed E-state index contributed by atoms with van der Waals surface area (Å²) in [6.07, 6.45) is -2.87. The molecule has 1 aliphatic heterocycles. The molecule has 31 heavy (non-hydrogen) atoms. The smallest absolute Gasteiger partial charge is 0.416 e. The summed E-state index contributed by atoms with van der Waals surface area (Å²) in [5, 5.41) is 13.4. The molecule has 8 heteroatoms. The van der Waals surface area contributed by atoms with Crippen molar-refractivity contribution in [3.05, 3.63) is 58.8 Å². The van der Waals surface area contributed by atoms with Crippen LogP contribution >= 0.6 is 0 Å². The summed E-state index contributed by atoms with van der Waals surface area (Å²) in [6, 6.07) is 9.45. The van der Waals surface area contributed by atoms with E-state index in [1.54, 1.807) is 6.07 Å². The van der Waals surface area contributed by atoms with Crippen LogP contribution in [0.4, 0.5) is 19.0 Å². The number of nitrogens with zero attached hydrogens (tertiary/aromatic N) is 2. The van der Waals surface area contributed by atoms with Crippen LogP contribution < -0.4 is 10.1 Å². The second kappa shape index (κ2) is 8.34. The van der Waals surface area contributed by atoms with Crippen molar-refractivity contribution < 1.29 is 22.6 Å². The maximum Gasteiger partial charge on any atom is 0.416 e. The molecule has 1 aromatic heterocycles. The van der Waals surface area contributed by atoms with E-state index < -0.39 is 17.8 Å². The average molecular weight is 431 g/mol. The molecule has 1 N–H and O–H groups in total. The zero-order chi connectivity index (χ0) is 22.2. The molecule has 0 amide bonds. The molecule has 5 nitrogen and oxygen atoms in total. The fourth-order valence-corrected chi connectivity index (χ4v) is 3.95. The van der Waals surface area contributed by atoms with E-state index in [9.17, 15) is 13.2 Å². The first-order chi connectivity index (χ1) is 14.7. The van der Waals surface area contributed by atoms with Crippen molar-refractivity contribution in [2.75, 3.05) is 11.9 Å². The normalized spacial score (nSPS) is 17.7. The van der Waals surface area contributed by atoms with Crippen LogP contribution in [0, 0.1) is 13.8 Å². The number of alkyl halides is 3. The second-order valence-corrected chi connectivity index (χ2v) is 7.79. The van der Waals surface area contributed by atoms with Gasteiger partial charge in [-0.25, -0.2) is 0 Å². The van der Waals surface area contributed by atoms with E-state index in [4.69, 9.17) is 9.47 Å². The Morgan fingerprint density at radius 2 is 1.94 bits per heavy atom. The van der Waals surface area contributed by atoms with Crippen LogP contribution in [0.25, 0.3) is 10.8 Å². The topological polar surface area (TPSA) is 56.3 Å². The van der Waals surface area contributed by atoms with Crippen LogP contribution in [0.5, 0.6) is 5.75 Å². The predicted molar refractivity (Wildman–Crippen MR) is 112 cm³/mol. The summed E-state index contributed by atoms with van der Waals surface area (Å²) in [4.78, 5) is 0. The minimum atomic E-state index is -4.40. The summed E-state index contributed by atoms with van der Waals surface area (Å²) in [7, 11) is 0. The molecule has 1 unspecified atom stereocenters. The Bertz CT molecular complexity index is 1100. The Balaban J connectivity index is 1.67. The zero-order valence-electron chi connectivity index (χ0n) is 17.6. The molecular weight excluding hydrogens is 407 g/mol. The predicted octanol–water partition coefficient (Wildman–Crippen LogP) is 5.95. The fraction of sp³-hybridized carbons (Fsp3) is 0.391. The number of aromatic nitrogens is 2. The first kappa shape index (κ1) is 21.4. The molecule has 1 saturated heterocycles. The lowest BCUT2D eigenvalue weighted by Crippen LogP contribution is -2.15. The van der Waals surface area contributed by atoms with Gasteiger partial charge in [-0.15, -0.1) is 5.10 Å². The van der Waals surface area contributed by atoms with Gasteiger partial charge in [0.2, 0.25) is 0 Å². The van der Waals surface area contributed by atoms with Gasteiger partial charge in [-0.05, 0) is 62.6 Å². The zero-order valence-corrected chi connectivity index (χ0v) is 17.6. The average Bonchev–Trinajstić information content (AvgIpc) is 3.22. The number of fused-ring (bicyclic) bond motifs is 1. The van der Waals surface area contributed by atoms with E-state index in [1.165, 1.54) is 13.0 Å². The van der Waals surface area contributed by atoms with Gasteiger partial charge in [-0.2, -0.15) is 18.3 Å². The summed E-state index contributed by atoms with van der Waals surface area (Å²) in [5.41, 5.74) is 0.872. The summed E-state index contributed by atoms with van der Waals surface area (Å²) >= 11 is 0. The number of benzene rings is 2. The first-order valence-corrected chi connectivity index (χ1v) is 10.2. The van der Waals surface area contributed by atoms with Gasteiger partial charge in [-0.1, -0.05) is 12.1 Å². The number of ether oxygens (including phenoxy) is 2. The maximum absolute atomic E-state index is 13.3. The molecule has 164 valence electrons. The molecule has 0 aliphatic carbocycles. The Labute approximate surface area is 178 Å². The Hall–Kier alpha value is -2.87. The third-order valence-electron chi connectivity index (χ3n) is 5.59. The van der Waals surface area contributed by atoms with Crippen molar-refractivity contribution in [1.82, 2.24) is 10.2 Å². The monoisotopic (exact) mass is 431 g/mol. The Morgan fingerprint density at radius 1 is 1.13 bits per heavy atom. The number of hydrogen-bond acceptors (Lipinski definition) is 5. The molecule has 0 saturated carbocycles. The third-order valence-corrected chi connectivity index (χ3v) is 5.59. The van der Waals surface area contributed by atoms with Crippen LogP contribution in [0.15, 0.2) is 36.4 Å². The minimum Gasteiger partial charge on any atom is -0.465 e. The molecule has 2 atom stereocenters. The first-order valence-electron chi connectivity index (χ1n) is 10.2. The minimum absolute atomic E-state index is 0.196. The number of hydrogen-bond donors (Lipinski definition) is 1. The van der Waals surface area contributed by atoms with Gasteiger partial charge >= 0.3 is 6.18 Å². The standard InChI is InChI=1S/C23H24F3N3O2/c1-13-17(6-4-7-20(13)23(24,25)26)14(2)27-22-19-12-16(31-21-8-5-11-30-21)9-10-18(19)15(3)28-29-22/h4,6-7,9-10,12,14,21H,5,8,11H2,1-3H3,(H,27,29)/t14?,21-/m0/s1. The molecule has 2 heterocycles. The molecule has 1 fully saturated rings. The van der Waals surface area contributed by atoms with Gasteiger partial charge in [0, 0.05) is 17.2 Å². The lowest BCUT2D eigenvalue weighted by Gasteiger charge is -2.21. The van der Waals surface area contributed by atoms with Crippen molar-refractivity contribution >= 4 is 16.6 Å². The van der Waals surface area contributed by atoms with Crippen molar-refractivity contribution in [1.29, 1.82) is 0 Å². The molecule has 4 rings (SSSR count). The molecular formula is C23H24F3N3O2. The van der Waals surface area contributed by atoms with Gasteiger partial charge in [-0.3, -0.25) is 0 Å². The van der Waals surface area contributed by atoms with Crippen LogP contribution in [0.3, 0.4) is 0 Å². The lowest BCUT2D eigenvalue weighted by molar-refractivity contribution is -0.138. The lowest BCUT2D eigenvalue weighted by atomic mass is 9.97. The van der Waals surface area contributed by atoms with Crippen LogP contribution in [-0.4, -0.2) is 23.1 Å². The van der Waals surface area contributed by atoms with Gasteiger partial charge < -0.3 is 14.8 Å². The maximum atomic E-state index is 13.3. The van der Waals surface area contributed by atoms with Crippen LogP contribution in [-0.2, 0) is 10.9 Å². The highest BCUT2D eigenvalue weighted by atomic mass is 19.4. The molecule has 0 spiro atoms. The van der Waals surface area contributed by atoms with Gasteiger partial charge in [0.25, 0.3) is 0 Å². The Morgan fingerprint density at radius 3 is 2.65 bits per heavy atom. The highest BCUT2D eigenvalue weighted by molar-refractivity contribution is 5.94. The number of halogens is 3. The SMILES string of the molecule is Cc1c(C(C)Nc2nnc(C)c3ccc(O[C@H]4CCCO4)cc23)cccc1C(F)(F)F. The quantitative estimate of drug-likeness (QED) is 0.541. The highest BCUT2D eigenvalue weighted by Crippen LogP contribution is 2.36. The summed E-state index contributed by atoms with van der Waals surface area (Å²) < 4.78 is 51.4. The van der Waals surface area contributed by atoms with E-state index in [2.05, 4.69) is 15.5 Å².